The summed E-state index contributed by atoms with van der Waals surface area (Å²) in [7, 11) is 0. The fourth-order valence-electron chi connectivity index (χ4n) is 2.02. The molecule has 21 heavy (non-hydrogen) atoms. The first-order valence-corrected chi connectivity index (χ1v) is 6.01. The minimum atomic E-state index is -1.15. The van der Waals surface area contributed by atoms with Gasteiger partial charge in [0, 0.05) is 17.2 Å². The summed E-state index contributed by atoms with van der Waals surface area (Å²) in [4.78, 5) is 21.7. The van der Waals surface area contributed by atoms with E-state index in [1.807, 2.05) is 0 Å². The van der Waals surface area contributed by atoms with Gasteiger partial charge in [-0.1, -0.05) is 12.1 Å². The van der Waals surface area contributed by atoms with Crippen molar-refractivity contribution in [1.29, 1.82) is 0 Å². The van der Waals surface area contributed by atoms with E-state index in [1.165, 1.54) is 12.1 Å². The molecule has 0 radical (unpaired) electrons. The molecule has 0 aromatic heterocycles. The molecule has 0 aliphatic heterocycles. The molecule has 108 valence electrons. The van der Waals surface area contributed by atoms with Gasteiger partial charge in [-0.15, -0.1) is 0 Å². The molecule has 2 aromatic rings. The first-order chi connectivity index (χ1) is 9.95. The molecular formula is C15H13NO5. The molecule has 0 spiro atoms. The van der Waals surface area contributed by atoms with E-state index in [4.69, 9.17) is 15.6 Å². The molecule has 0 saturated heterocycles. The fourth-order valence-corrected chi connectivity index (χ4v) is 2.02. The molecule has 2 aromatic carbocycles. The van der Waals surface area contributed by atoms with Crippen molar-refractivity contribution in [3.63, 3.8) is 0 Å². The molecule has 0 aliphatic rings. The zero-order valence-corrected chi connectivity index (χ0v) is 11.2. The van der Waals surface area contributed by atoms with Crippen LogP contribution in [0.5, 0.6) is 11.5 Å². The number of hydrogen-bond acceptors (Lipinski definition) is 5. The lowest BCUT2D eigenvalue weighted by atomic mass is 9.97. The average molecular weight is 287 g/mol. The highest BCUT2D eigenvalue weighted by Gasteiger charge is 2.17. The number of anilines is 1. The van der Waals surface area contributed by atoms with Crippen LogP contribution in [0, 0.1) is 6.92 Å². The van der Waals surface area contributed by atoms with Gasteiger partial charge in [0.2, 0.25) is 0 Å². The van der Waals surface area contributed by atoms with Crippen LogP contribution in [0.1, 0.15) is 15.9 Å². The van der Waals surface area contributed by atoms with Crippen LogP contribution in [0.2, 0.25) is 0 Å². The summed E-state index contributed by atoms with van der Waals surface area (Å²) in [5.41, 5.74) is 7.28. The van der Waals surface area contributed by atoms with Gasteiger partial charge in [-0.05, 0) is 24.6 Å². The fraction of sp³-hybridized carbons (Fsp3) is 0.0667. The number of aromatic carboxylic acids is 1. The Kier molecular flexibility index (Phi) is 3.80. The number of aryl methyl sites for hydroxylation is 1. The van der Waals surface area contributed by atoms with E-state index in [0.717, 1.165) is 0 Å². The van der Waals surface area contributed by atoms with Crippen LogP contribution in [0.25, 0.3) is 11.1 Å². The molecule has 4 N–H and O–H groups in total. The van der Waals surface area contributed by atoms with Crippen LogP contribution in [0.4, 0.5) is 5.69 Å². The van der Waals surface area contributed by atoms with E-state index in [0.29, 0.717) is 16.7 Å². The number of carbonyl (C=O) groups is 2. The van der Waals surface area contributed by atoms with E-state index in [1.54, 1.807) is 25.1 Å². The van der Waals surface area contributed by atoms with Crippen molar-refractivity contribution in [1.82, 2.24) is 0 Å². The number of para-hydroxylation sites is 1. The highest BCUT2D eigenvalue weighted by Crippen LogP contribution is 2.38. The number of carboxylic acids is 1. The predicted molar refractivity (Wildman–Crippen MR) is 76.3 cm³/mol. The lowest BCUT2D eigenvalue weighted by molar-refractivity contribution is -0.120. The molecule has 0 bridgehead atoms. The van der Waals surface area contributed by atoms with Gasteiger partial charge < -0.3 is 20.7 Å². The maximum Gasteiger partial charge on any atom is 0.337 e. The number of nitrogen functional groups attached to an aromatic ring is 1. The summed E-state index contributed by atoms with van der Waals surface area (Å²) in [6, 6.07) is 7.40. The van der Waals surface area contributed by atoms with Gasteiger partial charge in [-0.2, -0.15) is 0 Å². The van der Waals surface area contributed by atoms with Gasteiger partial charge in [0.1, 0.15) is 11.5 Å². The SMILES string of the molecule is Cc1cc(-c2cccc(C(=O)O)c2N)c(OC=O)cc1O. The van der Waals surface area contributed by atoms with E-state index >= 15 is 0 Å². The Bertz CT molecular complexity index is 724. The van der Waals surface area contributed by atoms with Gasteiger partial charge in [0.05, 0.1) is 11.3 Å². The highest BCUT2D eigenvalue weighted by molar-refractivity contribution is 5.99. The van der Waals surface area contributed by atoms with Crippen molar-refractivity contribution in [3.05, 3.63) is 41.5 Å². The third-order valence-electron chi connectivity index (χ3n) is 3.10. The second-order valence-corrected chi connectivity index (χ2v) is 4.42. The third kappa shape index (κ3) is 2.64. The Hall–Kier alpha value is -3.02. The Balaban J connectivity index is 2.72. The Labute approximate surface area is 120 Å². The second-order valence-electron chi connectivity index (χ2n) is 4.42. The van der Waals surface area contributed by atoms with Crippen LogP contribution in [-0.4, -0.2) is 22.7 Å². The molecular weight excluding hydrogens is 274 g/mol. The lowest BCUT2D eigenvalue weighted by Gasteiger charge is -2.13. The summed E-state index contributed by atoms with van der Waals surface area (Å²) in [5, 5.41) is 18.8. The predicted octanol–water partition coefficient (Wildman–Crippen LogP) is 2.18. The number of carboxylic acid groups (broad SMARTS) is 1. The molecule has 0 heterocycles. The number of aromatic hydroxyl groups is 1. The largest absolute Gasteiger partial charge is 0.508 e. The van der Waals surface area contributed by atoms with Gasteiger partial charge in [-0.3, -0.25) is 4.79 Å². The van der Waals surface area contributed by atoms with Crippen LogP contribution in [0.15, 0.2) is 30.3 Å². The van der Waals surface area contributed by atoms with Gasteiger partial charge in [-0.25, -0.2) is 4.79 Å². The highest BCUT2D eigenvalue weighted by atomic mass is 16.5. The quantitative estimate of drug-likeness (QED) is 0.587. The summed E-state index contributed by atoms with van der Waals surface area (Å²) < 4.78 is 4.84. The average Bonchev–Trinajstić information content (AvgIpc) is 2.43. The first-order valence-electron chi connectivity index (χ1n) is 6.01. The van der Waals surface area contributed by atoms with Crippen LogP contribution < -0.4 is 10.5 Å². The molecule has 0 atom stereocenters. The van der Waals surface area contributed by atoms with Crippen LogP contribution in [0.3, 0.4) is 0 Å². The smallest absolute Gasteiger partial charge is 0.337 e. The monoisotopic (exact) mass is 287 g/mol. The zero-order chi connectivity index (χ0) is 15.6. The Morgan fingerprint density at radius 2 is 2.00 bits per heavy atom. The number of carbonyl (C=O) groups excluding carboxylic acids is 1. The molecule has 0 aliphatic carbocycles. The minimum Gasteiger partial charge on any atom is -0.508 e. The van der Waals surface area contributed by atoms with Crippen molar-refractivity contribution in [2.45, 2.75) is 6.92 Å². The minimum absolute atomic E-state index is 0.0384. The number of phenolic OH excluding ortho intramolecular Hbond substituents is 1. The molecule has 2 rings (SSSR count). The first kappa shape index (κ1) is 14.4. The van der Waals surface area contributed by atoms with Gasteiger partial charge >= 0.3 is 5.97 Å². The standard InChI is InChI=1S/C15H13NO5/c1-8-5-11(13(21-7-17)6-12(8)18)9-3-2-4-10(14(9)16)15(19)20/h2-7,18H,16H2,1H3,(H,19,20). The van der Waals surface area contributed by atoms with Crippen molar-refractivity contribution in [2.75, 3.05) is 5.73 Å². The van der Waals surface area contributed by atoms with Crippen molar-refractivity contribution in [2.24, 2.45) is 0 Å². The third-order valence-corrected chi connectivity index (χ3v) is 3.10. The van der Waals surface area contributed by atoms with Gasteiger partial charge in [0.25, 0.3) is 6.47 Å². The number of nitrogens with two attached hydrogens (primary N) is 1. The van der Waals surface area contributed by atoms with Gasteiger partial charge in [0.15, 0.2) is 0 Å². The van der Waals surface area contributed by atoms with Crippen molar-refractivity contribution in [3.8, 4) is 22.6 Å². The van der Waals surface area contributed by atoms with Crippen LogP contribution >= 0.6 is 0 Å². The van der Waals surface area contributed by atoms with E-state index in [2.05, 4.69) is 0 Å². The molecule has 0 saturated carbocycles. The molecule has 0 amide bonds. The molecule has 6 nitrogen and oxygen atoms in total. The summed E-state index contributed by atoms with van der Waals surface area (Å²) in [6.45, 7) is 1.89. The van der Waals surface area contributed by atoms with Crippen molar-refractivity contribution < 1.29 is 24.5 Å². The van der Waals surface area contributed by atoms with E-state index in [9.17, 15) is 14.7 Å². The second kappa shape index (κ2) is 5.54. The Morgan fingerprint density at radius 3 is 2.62 bits per heavy atom. The summed E-state index contributed by atoms with van der Waals surface area (Å²) in [6.07, 6.45) is 0. The maximum absolute atomic E-state index is 11.1. The Morgan fingerprint density at radius 1 is 1.29 bits per heavy atom. The number of rotatable bonds is 4. The molecule has 6 heteroatoms. The summed E-state index contributed by atoms with van der Waals surface area (Å²) >= 11 is 0. The maximum atomic E-state index is 11.1. The molecule has 0 fully saturated rings. The van der Waals surface area contributed by atoms with Crippen LogP contribution in [-0.2, 0) is 4.79 Å². The summed E-state index contributed by atoms with van der Waals surface area (Å²) in [5.74, 6) is -1.09. The normalized spacial score (nSPS) is 10.1. The lowest BCUT2D eigenvalue weighted by Crippen LogP contribution is -2.04. The number of phenols is 1. The van der Waals surface area contributed by atoms with Crippen molar-refractivity contribution >= 4 is 18.1 Å². The number of hydrogen-bond donors (Lipinski definition) is 3. The number of ether oxygens (including phenoxy) is 1. The van der Waals surface area contributed by atoms with E-state index < -0.39 is 5.97 Å². The number of benzene rings is 2. The topological polar surface area (TPSA) is 110 Å². The molecule has 0 unspecified atom stereocenters. The van der Waals surface area contributed by atoms with E-state index in [-0.39, 0.29) is 29.2 Å². The zero-order valence-electron chi connectivity index (χ0n) is 11.2.